The summed E-state index contributed by atoms with van der Waals surface area (Å²) in [7, 11) is 0. The fourth-order valence-corrected chi connectivity index (χ4v) is 3.01. The summed E-state index contributed by atoms with van der Waals surface area (Å²) in [5, 5.41) is 4.18. The second-order valence-electron chi connectivity index (χ2n) is 5.33. The number of nitrogens with one attached hydrogen (secondary N) is 1. The van der Waals surface area contributed by atoms with Gasteiger partial charge in [0, 0.05) is 34.8 Å². The first kappa shape index (κ1) is 14.9. The number of fused-ring (bicyclic) bond motifs is 1. The minimum atomic E-state index is 0.0307. The summed E-state index contributed by atoms with van der Waals surface area (Å²) in [5.74, 6) is 0.0307. The smallest absolute Gasteiger partial charge is 0.226 e. The maximum Gasteiger partial charge on any atom is 0.226 e. The van der Waals surface area contributed by atoms with Crippen molar-refractivity contribution in [2.45, 2.75) is 19.9 Å². The molecule has 0 aliphatic carbocycles. The Morgan fingerprint density at radius 3 is 2.82 bits per heavy atom. The zero-order chi connectivity index (χ0) is 15.5. The van der Waals surface area contributed by atoms with Gasteiger partial charge in [-0.3, -0.25) is 4.79 Å². The largest absolute Gasteiger partial charge is 0.347 e. The lowest BCUT2D eigenvalue weighted by Crippen LogP contribution is -2.14. The van der Waals surface area contributed by atoms with Crippen LogP contribution in [0.2, 0.25) is 0 Å². The number of benzene rings is 2. The van der Waals surface area contributed by atoms with E-state index in [0.717, 1.165) is 21.2 Å². The van der Waals surface area contributed by atoms with E-state index in [9.17, 15) is 4.79 Å². The first-order valence-corrected chi connectivity index (χ1v) is 8.03. The maximum atomic E-state index is 12.1. The topological polar surface area (TPSA) is 34.0 Å². The number of para-hydroxylation sites is 1. The average Bonchev–Trinajstić information content (AvgIpc) is 2.91. The van der Waals surface area contributed by atoms with E-state index in [0.29, 0.717) is 13.0 Å². The van der Waals surface area contributed by atoms with E-state index >= 15 is 0 Å². The highest BCUT2D eigenvalue weighted by Gasteiger charge is 2.07. The Kier molecular flexibility index (Phi) is 4.29. The van der Waals surface area contributed by atoms with Crippen molar-refractivity contribution in [1.29, 1.82) is 0 Å². The zero-order valence-corrected chi connectivity index (χ0v) is 13.9. The molecule has 112 valence electrons. The van der Waals surface area contributed by atoms with E-state index in [1.807, 2.05) is 43.5 Å². The minimum absolute atomic E-state index is 0.0307. The van der Waals surface area contributed by atoms with Crippen molar-refractivity contribution in [3.63, 3.8) is 0 Å². The second kappa shape index (κ2) is 6.36. The van der Waals surface area contributed by atoms with Gasteiger partial charge in [0.2, 0.25) is 5.91 Å². The van der Waals surface area contributed by atoms with Gasteiger partial charge in [-0.25, -0.2) is 0 Å². The molecule has 0 radical (unpaired) electrons. The van der Waals surface area contributed by atoms with Crippen LogP contribution in [0.3, 0.4) is 0 Å². The normalized spacial score (nSPS) is 10.8. The molecule has 0 bridgehead atoms. The highest BCUT2D eigenvalue weighted by Crippen LogP contribution is 2.20. The van der Waals surface area contributed by atoms with Gasteiger partial charge in [-0.05, 0) is 48.2 Å². The van der Waals surface area contributed by atoms with Crippen LogP contribution < -0.4 is 5.32 Å². The summed E-state index contributed by atoms with van der Waals surface area (Å²) >= 11 is 3.43. The molecule has 0 fully saturated rings. The first-order chi connectivity index (χ1) is 10.6. The molecule has 1 aromatic heterocycles. The molecule has 3 aromatic rings. The van der Waals surface area contributed by atoms with Crippen LogP contribution in [-0.2, 0) is 11.3 Å². The van der Waals surface area contributed by atoms with E-state index in [-0.39, 0.29) is 5.91 Å². The third kappa shape index (κ3) is 3.22. The van der Waals surface area contributed by atoms with Gasteiger partial charge in [-0.15, -0.1) is 0 Å². The number of hydrogen-bond acceptors (Lipinski definition) is 1. The quantitative estimate of drug-likeness (QED) is 0.719. The second-order valence-corrected chi connectivity index (χ2v) is 6.24. The van der Waals surface area contributed by atoms with Crippen molar-refractivity contribution in [1.82, 2.24) is 4.57 Å². The van der Waals surface area contributed by atoms with Gasteiger partial charge in [-0.2, -0.15) is 0 Å². The minimum Gasteiger partial charge on any atom is -0.347 e. The molecule has 2 aromatic carbocycles. The summed E-state index contributed by atoms with van der Waals surface area (Å²) in [6.07, 6.45) is 2.48. The highest BCUT2D eigenvalue weighted by atomic mass is 79.9. The highest BCUT2D eigenvalue weighted by molar-refractivity contribution is 9.10. The Balaban J connectivity index is 1.65. The molecule has 0 saturated carbocycles. The van der Waals surface area contributed by atoms with Crippen molar-refractivity contribution < 1.29 is 4.79 Å². The third-order valence-corrected chi connectivity index (χ3v) is 4.22. The molecule has 0 unspecified atom stereocenters. The number of hydrogen-bond donors (Lipinski definition) is 1. The van der Waals surface area contributed by atoms with Crippen LogP contribution in [0.25, 0.3) is 10.9 Å². The molecule has 0 atom stereocenters. The van der Waals surface area contributed by atoms with Gasteiger partial charge in [0.25, 0.3) is 0 Å². The van der Waals surface area contributed by atoms with Crippen LogP contribution in [0.5, 0.6) is 0 Å². The van der Waals surface area contributed by atoms with Crippen molar-refractivity contribution >= 4 is 38.4 Å². The molecule has 0 aliphatic heterocycles. The summed E-state index contributed by atoms with van der Waals surface area (Å²) in [6.45, 7) is 2.66. The van der Waals surface area contributed by atoms with Gasteiger partial charge in [0.05, 0.1) is 0 Å². The third-order valence-electron chi connectivity index (χ3n) is 3.72. The number of carbonyl (C=O) groups is 1. The number of nitrogens with zero attached hydrogens (tertiary/aromatic N) is 1. The Morgan fingerprint density at radius 2 is 2.00 bits per heavy atom. The molecule has 0 aliphatic rings. The Bertz CT molecular complexity index is 823. The van der Waals surface area contributed by atoms with E-state index in [1.165, 1.54) is 5.39 Å². The lowest BCUT2D eigenvalue weighted by Gasteiger charge is -2.10. The predicted octanol–water partition coefficient (Wildman–Crippen LogP) is 4.74. The number of carbonyl (C=O) groups excluding carboxylic acids is 1. The first-order valence-electron chi connectivity index (χ1n) is 7.23. The van der Waals surface area contributed by atoms with Crippen LogP contribution in [-0.4, -0.2) is 10.5 Å². The molecule has 22 heavy (non-hydrogen) atoms. The molecular weight excluding hydrogens is 340 g/mol. The molecule has 1 N–H and O–H groups in total. The van der Waals surface area contributed by atoms with Gasteiger partial charge in [0.15, 0.2) is 0 Å². The Hall–Kier alpha value is -2.07. The fourth-order valence-electron chi connectivity index (χ4n) is 2.54. The van der Waals surface area contributed by atoms with Crippen LogP contribution in [0, 0.1) is 6.92 Å². The zero-order valence-electron chi connectivity index (χ0n) is 12.3. The van der Waals surface area contributed by atoms with E-state index in [1.54, 1.807) is 0 Å². The number of amides is 1. The SMILES string of the molecule is Cc1cc(Br)ccc1NC(=O)CCn1ccc2ccccc21. The Labute approximate surface area is 138 Å². The summed E-state index contributed by atoms with van der Waals surface area (Å²) in [6, 6.07) is 16.1. The van der Waals surface area contributed by atoms with E-state index < -0.39 is 0 Å². The predicted molar refractivity (Wildman–Crippen MR) is 94.1 cm³/mol. The molecule has 1 amide bonds. The number of aromatic nitrogens is 1. The van der Waals surface area contributed by atoms with Crippen LogP contribution >= 0.6 is 15.9 Å². The van der Waals surface area contributed by atoms with Crippen molar-refractivity contribution in [2.75, 3.05) is 5.32 Å². The van der Waals surface area contributed by atoms with Crippen LogP contribution in [0.1, 0.15) is 12.0 Å². The maximum absolute atomic E-state index is 12.1. The lowest BCUT2D eigenvalue weighted by atomic mass is 10.2. The molecule has 0 saturated heterocycles. The van der Waals surface area contributed by atoms with E-state index in [2.05, 4.69) is 44.0 Å². The molecule has 0 spiro atoms. The van der Waals surface area contributed by atoms with Gasteiger partial charge < -0.3 is 9.88 Å². The van der Waals surface area contributed by atoms with Gasteiger partial charge in [-0.1, -0.05) is 34.1 Å². The van der Waals surface area contributed by atoms with Gasteiger partial charge in [0.1, 0.15) is 0 Å². The monoisotopic (exact) mass is 356 g/mol. The standard InChI is InChI=1S/C18H17BrN2O/c1-13-12-15(19)6-7-16(13)20-18(22)9-11-21-10-8-14-4-2-3-5-17(14)21/h2-8,10,12H,9,11H2,1H3,(H,20,22). The van der Waals surface area contributed by atoms with Crippen LogP contribution in [0.4, 0.5) is 5.69 Å². The van der Waals surface area contributed by atoms with Crippen molar-refractivity contribution in [2.24, 2.45) is 0 Å². The molecular formula is C18H17BrN2O. The number of aryl methyl sites for hydroxylation is 2. The number of anilines is 1. The summed E-state index contributed by atoms with van der Waals surface area (Å²) < 4.78 is 3.13. The summed E-state index contributed by atoms with van der Waals surface area (Å²) in [4.78, 5) is 12.1. The molecule has 1 heterocycles. The summed E-state index contributed by atoms with van der Waals surface area (Å²) in [5.41, 5.74) is 3.08. The molecule has 4 heteroatoms. The molecule has 3 rings (SSSR count). The average molecular weight is 357 g/mol. The number of halogens is 1. The number of rotatable bonds is 4. The van der Waals surface area contributed by atoms with Crippen molar-refractivity contribution in [3.8, 4) is 0 Å². The Morgan fingerprint density at radius 1 is 1.18 bits per heavy atom. The van der Waals surface area contributed by atoms with Gasteiger partial charge >= 0.3 is 0 Å². The van der Waals surface area contributed by atoms with Crippen LogP contribution in [0.15, 0.2) is 59.2 Å². The van der Waals surface area contributed by atoms with E-state index in [4.69, 9.17) is 0 Å². The molecule has 3 nitrogen and oxygen atoms in total. The lowest BCUT2D eigenvalue weighted by molar-refractivity contribution is -0.116. The fraction of sp³-hybridized carbons (Fsp3) is 0.167. The van der Waals surface area contributed by atoms with Crippen molar-refractivity contribution in [3.05, 3.63) is 64.8 Å².